The van der Waals surface area contributed by atoms with Gasteiger partial charge in [-0.1, -0.05) is 36.9 Å². The molecule has 0 unspecified atom stereocenters. The van der Waals surface area contributed by atoms with Gasteiger partial charge in [0.15, 0.2) is 0 Å². The molecule has 25 heavy (non-hydrogen) atoms. The van der Waals surface area contributed by atoms with E-state index in [9.17, 15) is 9.18 Å². The smallest absolute Gasteiger partial charge is 0.418 e. The minimum atomic E-state index is -0.473. The summed E-state index contributed by atoms with van der Waals surface area (Å²) in [6.45, 7) is 0.414. The number of carbonyl (C=O) groups excluding carboxylic acids is 1. The van der Waals surface area contributed by atoms with Crippen LogP contribution in [0.25, 0.3) is 0 Å². The molecule has 1 fully saturated rings. The van der Waals surface area contributed by atoms with Crippen molar-refractivity contribution in [3.63, 3.8) is 0 Å². The molecule has 2 aromatic rings. The molecule has 0 radical (unpaired) electrons. The number of benzene rings is 2. The lowest BCUT2D eigenvalue weighted by atomic mass is 9.90. The molecule has 0 heterocycles. The van der Waals surface area contributed by atoms with E-state index < -0.39 is 6.09 Å². The summed E-state index contributed by atoms with van der Waals surface area (Å²) in [5.74, 6) is 0.0671. The summed E-state index contributed by atoms with van der Waals surface area (Å²) in [6, 6.07) is 12.7. The van der Waals surface area contributed by atoms with Crippen LogP contribution in [0.15, 0.2) is 48.5 Å². The molecule has 0 N–H and O–H groups in total. The molecule has 5 heteroatoms. The van der Waals surface area contributed by atoms with Crippen LogP contribution in [-0.4, -0.2) is 12.7 Å². The molecule has 1 amide bonds. The first-order chi connectivity index (χ1) is 12.1. The summed E-state index contributed by atoms with van der Waals surface area (Å²) < 4.78 is 18.8. The van der Waals surface area contributed by atoms with E-state index in [1.54, 1.807) is 36.4 Å². The summed E-state index contributed by atoms with van der Waals surface area (Å²) >= 11 is 6.07. The Morgan fingerprint density at radius 2 is 1.80 bits per heavy atom. The highest BCUT2D eigenvalue weighted by atomic mass is 35.5. The van der Waals surface area contributed by atoms with Crippen molar-refractivity contribution in [3.8, 4) is 0 Å². The van der Waals surface area contributed by atoms with Crippen molar-refractivity contribution in [3.05, 3.63) is 59.4 Å². The lowest BCUT2D eigenvalue weighted by Gasteiger charge is -2.25. The summed E-state index contributed by atoms with van der Waals surface area (Å²) in [7, 11) is 0. The molecule has 2 aromatic carbocycles. The normalized spacial score (nSPS) is 15.0. The Morgan fingerprint density at radius 1 is 1.08 bits per heavy atom. The largest absolute Gasteiger partial charge is 0.449 e. The van der Waals surface area contributed by atoms with E-state index in [1.807, 2.05) is 0 Å². The zero-order valence-corrected chi connectivity index (χ0v) is 14.7. The van der Waals surface area contributed by atoms with Gasteiger partial charge in [-0.25, -0.2) is 14.1 Å². The van der Waals surface area contributed by atoms with Crippen molar-refractivity contribution in [2.24, 2.45) is 5.92 Å². The molecule has 3 nitrogen and oxygen atoms in total. The standard InChI is InChI=1S/C20H21ClFNO2/c21-16-7-4-8-19(13-16)23(18-11-9-17(22)10-12-18)20(24)25-14-15-5-2-1-3-6-15/h4,7-13,15H,1-3,5-6,14H2. The quantitative estimate of drug-likeness (QED) is 0.636. The van der Waals surface area contributed by atoms with E-state index in [0.717, 1.165) is 12.8 Å². The monoisotopic (exact) mass is 361 g/mol. The van der Waals surface area contributed by atoms with Crippen molar-refractivity contribution < 1.29 is 13.9 Å². The lowest BCUT2D eigenvalue weighted by molar-refractivity contribution is 0.124. The van der Waals surface area contributed by atoms with Gasteiger partial charge in [0.05, 0.1) is 18.0 Å². The number of hydrogen-bond donors (Lipinski definition) is 0. The van der Waals surface area contributed by atoms with Crippen LogP contribution < -0.4 is 4.90 Å². The van der Waals surface area contributed by atoms with Crippen LogP contribution in [0, 0.1) is 11.7 Å². The van der Waals surface area contributed by atoms with Crippen LogP contribution in [0.4, 0.5) is 20.6 Å². The van der Waals surface area contributed by atoms with Crippen molar-refractivity contribution in [1.29, 1.82) is 0 Å². The van der Waals surface area contributed by atoms with Crippen molar-refractivity contribution in [1.82, 2.24) is 0 Å². The van der Waals surface area contributed by atoms with Gasteiger partial charge in [0.2, 0.25) is 0 Å². The fraction of sp³-hybridized carbons (Fsp3) is 0.350. The zero-order valence-electron chi connectivity index (χ0n) is 14.0. The molecule has 0 atom stereocenters. The SMILES string of the molecule is O=C(OCC1CCCCC1)N(c1ccc(F)cc1)c1cccc(Cl)c1. The fourth-order valence-electron chi connectivity index (χ4n) is 3.17. The summed E-state index contributed by atoms with van der Waals surface area (Å²) in [4.78, 5) is 14.2. The fourth-order valence-corrected chi connectivity index (χ4v) is 3.36. The number of amides is 1. The number of anilines is 2. The van der Waals surface area contributed by atoms with E-state index in [4.69, 9.17) is 16.3 Å². The third-order valence-electron chi connectivity index (χ3n) is 4.50. The van der Waals surface area contributed by atoms with Gasteiger partial charge < -0.3 is 4.74 Å². The van der Waals surface area contributed by atoms with E-state index in [2.05, 4.69) is 0 Å². The van der Waals surface area contributed by atoms with E-state index in [1.165, 1.54) is 36.3 Å². The molecule has 1 aliphatic carbocycles. The second-order valence-electron chi connectivity index (χ2n) is 6.37. The number of halogens is 2. The minimum Gasteiger partial charge on any atom is -0.449 e. The Morgan fingerprint density at radius 3 is 2.48 bits per heavy atom. The van der Waals surface area contributed by atoms with Gasteiger partial charge in [-0.2, -0.15) is 0 Å². The minimum absolute atomic E-state index is 0.356. The molecule has 1 aliphatic rings. The maximum Gasteiger partial charge on any atom is 0.418 e. The van der Waals surface area contributed by atoms with E-state index >= 15 is 0 Å². The number of carbonyl (C=O) groups is 1. The molecule has 132 valence electrons. The lowest BCUT2D eigenvalue weighted by Crippen LogP contribution is -2.29. The highest BCUT2D eigenvalue weighted by Crippen LogP contribution is 2.30. The summed E-state index contributed by atoms with van der Waals surface area (Å²) in [6.07, 6.45) is 5.37. The van der Waals surface area contributed by atoms with Gasteiger partial charge in [-0.15, -0.1) is 0 Å². The first-order valence-corrected chi connectivity index (χ1v) is 8.99. The van der Waals surface area contributed by atoms with Crippen LogP contribution in [0.5, 0.6) is 0 Å². The number of rotatable bonds is 4. The first-order valence-electron chi connectivity index (χ1n) is 8.61. The average molecular weight is 362 g/mol. The van der Waals surface area contributed by atoms with Crippen LogP contribution in [0.3, 0.4) is 0 Å². The van der Waals surface area contributed by atoms with E-state index in [-0.39, 0.29) is 5.82 Å². The highest BCUT2D eigenvalue weighted by molar-refractivity contribution is 6.31. The Hall–Kier alpha value is -2.07. The third-order valence-corrected chi connectivity index (χ3v) is 4.74. The number of ether oxygens (including phenoxy) is 1. The Labute approximate surface area is 152 Å². The molecule has 1 saturated carbocycles. The second-order valence-corrected chi connectivity index (χ2v) is 6.81. The maximum absolute atomic E-state index is 13.3. The highest BCUT2D eigenvalue weighted by Gasteiger charge is 2.22. The first kappa shape index (κ1) is 17.7. The number of nitrogens with zero attached hydrogens (tertiary/aromatic N) is 1. The van der Waals surface area contributed by atoms with Gasteiger partial charge in [0.25, 0.3) is 0 Å². The zero-order chi connectivity index (χ0) is 17.6. The van der Waals surface area contributed by atoms with Gasteiger partial charge in [-0.3, -0.25) is 0 Å². The van der Waals surface area contributed by atoms with Crippen LogP contribution >= 0.6 is 11.6 Å². The predicted octanol–water partition coefficient (Wildman–Crippen LogP) is 6.33. The van der Waals surface area contributed by atoms with Crippen molar-refractivity contribution in [2.45, 2.75) is 32.1 Å². The molecule has 0 saturated heterocycles. The molecule has 0 aliphatic heterocycles. The molecule has 3 rings (SSSR count). The topological polar surface area (TPSA) is 29.5 Å². The van der Waals surface area contributed by atoms with Crippen LogP contribution in [0.2, 0.25) is 5.02 Å². The van der Waals surface area contributed by atoms with Crippen molar-refractivity contribution in [2.75, 3.05) is 11.5 Å². The Balaban J connectivity index is 1.80. The molecular weight excluding hydrogens is 341 g/mol. The predicted molar refractivity (Wildman–Crippen MR) is 97.9 cm³/mol. The Bertz CT molecular complexity index is 714. The second kappa shape index (κ2) is 8.34. The summed E-state index contributed by atoms with van der Waals surface area (Å²) in [5, 5.41) is 0.518. The maximum atomic E-state index is 13.3. The van der Waals surface area contributed by atoms with Gasteiger partial charge in [0, 0.05) is 5.02 Å². The van der Waals surface area contributed by atoms with Gasteiger partial charge in [-0.05, 0) is 61.2 Å². The molecule has 0 aromatic heterocycles. The van der Waals surface area contributed by atoms with Gasteiger partial charge >= 0.3 is 6.09 Å². The molecular formula is C20H21ClFNO2. The van der Waals surface area contributed by atoms with Crippen LogP contribution in [-0.2, 0) is 4.74 Å². The van der Waals surface area contributed by atoms with Gasteiger partial charge in [0.1, 0.15) is 5.82 Å². The summed E-state index contributed by atoms with van der Waals surface area (Å²) in [5.41, 5.74) is 1.13. The Kier molecular flexibility index (Phi) is 5.92. The van der Waals surface area contributed by atoms with Crippen molar-refractivity contribution >= 4 is 29.1 Å². The average Bonchev–Trinajstić information content (AvgIpc) is 2.63. The van der Waals surface area contributed by atoms with Crippen LogP contribution in [0.1, 0.15) is 32.1 Å². The molecule has 0 spiro atoms. The third kappa shape index (κ3) is 4.73. The molecule has 0 bridgehead atoms. The van der Waals surface area contributed by atoms with E-state index in [0.29, 0.717) is 28.9 Å². The number of hydrogen-bond acceptors (Lipinski definition) is 2.